The second kappa shape index (κ2) is 8.59. The number of rotatable bonds is 4. The lowest BCUT2D eigenvalue weighted by molar-refractivity contribution is 0.346. The van der Waals surface area contributed by atoms with Crippen molar-refractivity contribution in [2.75, 3.05) is 23.7 Å². The summed E-state index contributed by atoms with van der Waals surface area (Å²) in [5.74, 6) is 0. The molecule has 0 unspecified atom stereocenters. The standard InChI is InChI=1S/C21H27N3O2S2/c1-15-7-9-18(13-17(15)3)22-21(27)23-19-10-8-16(2)20(14-19)28(25,26)24-11-5-4-6-12-24/h7-10,13-14H,4-6,11-12H2,1-3H3,(H2,22,23,27). The van der Waals surface area contributed by atoms with Crippen LogP contribution in [0, 0.1) is 20.8 Å². The number of thiocarbonyl (C=S) groups is 1. The van der Waals surface area contributed by atoms with E-state index in [1.54, 1.807) is 10.4 Å². The van der Waals surface area contributed by atoms with Crippen molar-refractivity contribution < 1.29 is 8.42 Å². The first-order valence-electron chi connectivity index (χ1n) is 9.53. The summed E-state index contributed by atoms with van der Waals surface area (Å²) in [6.45, 7) is 7.12. The molecular formula is C21H27N3O2S2. The molecule has 0 bridgehead atoms. The molecule has 28 heavy (non-hydrogen) atoms. The Kier molecular flexibility index (Phi) is 6.37. The number of aryl methyl sites for hydroxylation is 3. The zero-order chi connectivity index (χ0) is 20.3. The lowest BCUT2D eigenvalue weighted by Crippen LogP contribution is -2.36. The molecule has 0 amide bonds. The minimum Gasteiger partial charge on any atom is -0.332 e. The van der Waals surface area contributed by atoms with Gasteiger partial charge in [0.1, 0.15) is 0 Å². The zero-order valence-electron chi connectivity index (χ0n) is 16.6. The van der Waals surface area contributed by atoms with Gasteiger partial charge in [-0.05, 0) is 86.8 Å². The van der Waals surface area contributed by atoms with Crippen molar-refractivity contribution in [3.05, 3.63) is 53.1 Å². The SMILES string of the molecule is Cc1ccc(NC(=S)Nc2ccc(C)c(S(=O)(=O)N3CCCCC3)c2)cc1C. The van der Waals surface area contributed by atoms with Gasteiger partial charge in [-0.2, -0.15) is 4.31 Å². The number of nitrogens with one attached hydrogen (secondary N) is 2. The van der Waals surface area contributed by atoms with E-state index in [1.807, 2.05) is 37.3 Å². The second-order valence-electron chi connectivity index (χ2n) is 7.32. The molecule has 1 saturated heterocycles. The molecule has 1 fully saturated rings. The van der Waals surface area contributed by atoms with Crippen LogP contribution in [0.25, 0.3) is 0 Å². The molecule has 0 saturated carbocycles. The van der Waals surface area contributed by atoms with Gasteiger partial charge in [0.05, 0.1) is 4.90 Å². The molecule has 150 valence electrons. The van der Waals surface area contributed by atoms with Gasteiger partial charge >= 0.3 is 0 Å². The molecule has 0 aromatic heterocycles. The van der Waals surface area contributed by atoms with E-state index in [9.17, 15) is 8.42 Å². The summed E-state index contributed by atoms with van der Waals surface area (Å²) in [5, 5.41) is 6.68. The smallest absolute Gasteiger partial charge is 0.243 e. The number of piperidine rings is 1. The highest BCUT2D eigenvalue weighted by atomic mass is 32.2. The van der Waals surface area contributed by atoms with Gasteiger partial charge in [0.25, 0.3) is 0 Å². The first kappa shape index (κ1) is 20.8. The summed E-state index contributed by atoms with van der Waals surface area (Å²) < 4.78 is 27.7. The van der Waals surface area contributed by atoms with E-state index in [1.165, 1.54) is 11.1 Å². The van der Waals surface area contributed by atoms with Crippen molar-refractivity contribution >= 4 is 38.7 Å². The molecule has 1 heterocycles. The monoisotopic (exact) mass is 417 g/mol. The Hall–Kier alpha value is -1.96. The minimum atomic E-state index is -3.49. The molecule has 2 aromatic rings. The third-order valence-electron chi connectivity index (χ3n) is 5.14. The Morgan fingerprint density at radius 2 is 1.43 bits per heavy atom. The number of hydrogen-bond donors (Lipinski definition) is 2. The number of nitrogens with zero attached hydrogens (tertiary/aromatic N) is 1. The van der Waals surface area contributed by atoms with Crippen LogP contribution in [-0.2, 0) is 10.0 Å². The van der Waals surface area contributed by atoms with Gasteiger partial charge < -0.3 is 10.6 Å². The van der Waals surface area contributed by atoms with Gasteiger partial charge in [-0.15, -0.1) is 0 Å². The molecule has 5 nitrogen and oxygen atoms in total. The fraction of sp³-hybridized carbons (Fsp3) is 0.381. The third-order valence-corrected chi connectivity index (χ3v) is 7.39. The summed E-state index contributed by atoms with van der Waals surface area (Å²) in [6.07, 6.45) is 2.92. The van der Waals surface area contributed by atoms with E-state index in [-0.39, 0.29) is 0 Å². The number of hydrogen-bond acceptors (Lipinski definition) is 3. The highest BCUT2D eigenvalue weighted by Gasteiger charge is 2.27. The van der Waals surface area contributed by atoms with Gasteiger partial charge in [0.15, 0.2) is 5.11 Å². The van der Waals surface area contributed by atoms with Gasteiger partial charge in [-0.25, -0.2) is 8.42 Å². The molecule has 0 spiro atoms. The average Bonchev–Trinajstić information content (AvgIpc) is 2.67. The molecule has 0 aliphatic carbocycles. The highest BCUT2D eigenvalue weighted by Crippen LogP contribution is 2.26. The van der Waals surface area contributed by atoms with Crippen LogP contribution in [0.1, 0.15) is 36.0 Å². The van der Waals surface area contributed by atoms with E-state index >= 15 is 0 Å². The Balaban J connectivity index is 1.77. The van der Waals surface area contributed by atoms with Crippen LogP contribution in [-0.4, -0.2) is 30.9 Å². The van der Waals surface area contributed by atoms with Crippen LogP contribution in [0.3, 0.4) is 0 Å². The van der Waals surface area contributed by atoms with E-state index in [2.05, 4.69) is 24.5 Å². The lowest BCUT2D eigenvalue weighted by atomic mass is 10.1. The molecule has 1 aliphatic rings. The van der Waals surface area contributed by atoms with Gasteiger partial charge in [-0.1, -0.05) is 18.6 Å². The first-order chi connectivity index (χ1) is 13.3. The van der Waals surface area contributed by atoms with Crippen LogP contribution in [0.4, 0.5) is 11.4 Å². The number of sulfonamides is 1. The summed E-state index contributed by atoms with van der Waals surface area (Å²) in [6, 6.07) is 11.4. The molecule has 0 radical (unpaired) electrons. The van der Waals surface area contributed by atoms with Gasteiger partial charge in [0, 0.05) is 24.5 Å². The molecule has 3 rings (SSSR count). The molecule has 7 heteroatoms. The predicted molar refractivity (Wildman–Crippen MR) is 120 cm³/mol. The number of anilines is 2. The maximum Gasteiger partial charge on any atom is 0.243 e. The molecule has 0 atom stereocenters. The van der Waals surface area contributed by atoms with Crippen molar-refractivity contribution in [3.8, 4) is 0 Å². The summed E-state index contributed by atoms with van der Waals surface area (Å²) in [5.41, 5.74) is 4.69. The Morgan fingerprint density at radius 1 is 0.857 bits per heavy atom. The summed E-state index contributed by atoms with van der Waals surface area (Å²) in [7, 11) is -3.49. The fourth-order valence-electron chi connectivity index (χ4n) is 3.31. The predicted octanol–water partition coefficient (Wildman–Crippen LogP) is 4.60. The largest absolute Gasteiger partial charge is 0.332 e. The van der Waals surface area contributed by atoms with Gasteiger partial charge in [-0.3, -0.25) is 0 Å². The van der Waals surface area contributed by atoms with Crippen molar-refractivity contribution in [1.29, 1.82) is 0 Å². The van der Waals surface area contributed by atoms with Crippen molar-refractivity contribution in [3.63, 3.8) is 0 Å². The van der Waals surface area contributed by atoms with E-state index in [4.69, 9.17) is 12.2 Å². The van der Waals surface area contributed by atoms with Crippen LogP contribution >= 0.6 is 12.2 Å². The Morgan fingerprint density at radius 3 is 2.04 bits per heavy atom. The molecule has 2 N–H and O–H groups in total. The maximum absolute atomic E-state index is 13.1. The number of benzene rings is 2. The minimum absolute atomic E-state index is 0.341. The van der Waals surface area contributed by atoms with Crippen LogP contribution in [0.2, 0.25) is 0 Å². The topological polar surface area (TPSA) is 61.4 Å². The third kappa shape index (κ3) is 4.71. The van der Waals surface area contributed by atoms with Gasteiger partial charge in [0.2, 0.25) is 10.0 Å². The maximum atomic E-state index is 13.1. The van der Waals surface area contributed by atoms with E-state index in [0.717, 1.165) is 30.5 Å². The summed E-state index contributed by atoms with van der Waals surface area (Å²) in [4.78, 5) is 0.341. The van der Waals surface area contributed by atoms with Crippen LogP contribution in [0.5, 0.6) is 0 Å². The summed E-state index contributed by atoms with van der Waals surface area (Å²) >= 11 is 5.41. The Labute approximate surface area is 173 Å². The highest BCUT2D eigenvalue weighted by molar-refractivity contribution is 7.89. The van der Waals surface area contributed by atoms with E-state index in [0.29, 0.717) is 28.8 Å². The zero-order valence-corrected chi connectivity index (χ0v) is 18.2. The van der Waals surface area contributed by atoms with E-state index < -0.39 is 10.0 Å². The first-order valence-corrected chi connectivity index (χ1v) is 11.4. The quantitative estimate of drug-likeness (QED) is 0.712. The van der Waals surface area contributed by atoms with Crippen molar-refractivity contribution in [2.24, 2.45) is 0 Å². The molecular weight excluding hydrogens is 390 g/mol. The Bertz CT molecular complexity index is 981. The van der Waals surface area contributed by atoms with Crippen LogP contribution < -0.4 is 10.6 Å². The fourth-order valence-corrected chi connectivity index (χ4v) is 5.32. The average molecular weight is 418 g/mol. The molecule has 2 aromatic carbocycles. The molecule has 1 aliphatic heterocycles. The normalized spacial score (nSPS) is 15.2. The second-order valence-corrected chi connectivity index (χ2v) is 9.64. The lowest BCUT2D eigenvalue weighted by Gasteiger charge is -2.26. The van der Waals surface area contributed by atoms with Crippen molar-refractivity contribution in [1.82, 2.24) is 4.31 Å². The van der Waals surface area contributed by atoms with Crippen molar-refractivity contribution in [2.45, 2.75) is 44.9 Å². The van der Waals surface area contributed by atoms with Crippen LogP contribution in [0.15, 0.2) is 41.3 Å².